The average Bonchev–Trinajstić information content (AvgIpc) is 2.58. The van der Waals surface area contributed by atoms with Crippen LogP contribution in [0.3, 0.4) is 0 Å². The van der Waals surface area contributed by atoms with Crippen molar-refractivity contribution in [3.63, 3.8) is 0 Å². The first-order chi connectivity index (χ1) is 12.1. The summed E-state index contributed by atoms with van der Waals surface area (Å²) >= 11 is 11.9. The predicted octanol–water partition coefficient (Wildman–Crippen LogP) is 3.70. The number of piperidine rings is 1. The summed E-state index contributed by atoms with van der Waals surface area (Å²) in [5.41, 5.74) is 0.583. The minimum Gasteiger partial charge on any atom is -0.353 e. The summed E-state index contributed by atoms with van der Waals surface area (Å²) in [5, 5.41) is 3.71. The van der Waals surface area contributed by atoms with Gasteiger partial charge in [0.05, 0.1) is 21.7 Å². The van der Waals surface area contributed by atoms with Crippen molar-refractivity contribution < 1.29 is 13.2 Å². The minimum atomic E-state index is -3.53. The van der Waals surface area contributed by atoms with Crippen LogP contribution in [0.2, 0.25) is 10.0 Å². The van der Waals surface area contributed by atoms with E-state index in [9.17, 15) is 13.2 Å². The summed E-state index contributed by atoms with van der Waals surface area (Å²) in [7, 11) is -3.53. The molecule has 1 aliphatic heterocycles. The molecular formula is C18H26Cl2N2O3S. The van der Waals surface area contributed by atoms with Crippen molar-refractivity contribution in [3.8, 4) is 0 Å². The lowest BCUT2D eigenvalue weighted by Crippen LogP contribution is -2.48. The summed E-state index contributed by atoms with van der Waals surface area (Å²) in [6.07, 6.45) is 1.38. The van der Waals surface area contributed by atoms with Crippen LogP contribution in [-0.2, 0) is 20.6 Å². The lowest BCUT2D eigenvalue weighted by Gasteiger charge is -2.32. The lowest BCUT2D eigenvalue weighted by molar-refractivity contribution is -0.127. The van der Waals surface area contributed by atoms with Gasteiger partial charge < -0.3 is 5.32 Å². The van der Waals surface area contributed by atoms with E-state index in [1.165, 1.54) is 4.31 Å². The van der Waals surface area contributed by atoms with E-state index < -0.39 is 10.0 Å². The summed E-state index contributed by atoms with van der Waals surface area (Å²) < 4.78 is 27.0. The Bertz CT molecular complexity index is 753. The second kappa shape index (κ2) is 8.91. The van der Waals surface area contributed by atoms with Crippen LogP contribution in [0.5, 0.6) is 0 Å². The first-order valence-corrected chi connectivity index (χ1v) is 11.2. The van der Waals surface area contributed by atoms with E-state index in [0.29, 0.717) is 40.9 Å². The Kier molecular flexibility index (Phi) is 7.36. The maximum absolute atomic E-state index is 12.8. The minimum absolute atomic E-state index is 0.0608. The maximum Gasteiger partial charge on any atom is 0.224 e. The van der Waals surface area contributed by atoms with Gasteiger partial charge in [-0.2, -0.15) is 0 Å². The van der Waals surface area contributed by atoms with Gasteiger partial charge in [-0.15, -0.1) is 0 Å². The van der Waals surface area contributed by atoms with Crippen molar-refractivity contribution in [1.82, 2.24) is 9.62 Å². The molecule has 2 atom stereocenters. The largest absolute Gasteiger partial charge is 0.353 e. The highest BCUT2D eigenvalue weighted by Gasteiger charge is 2.33. The first kappa shape index (κ1) is 21.5. The number of nitrogens with one attached hydrogen (secondary N) is 1. The second-order valence-corrected chi connectivity index (χ2v) is 10.0. The van der Waals surface area contributed by atoms with E-state index in [0.717, 1.165) is 0 Å². The monoisotopic (exact) mass is 420 g/mol. The van der Waals surface area contributed by atoms with Crippen LogP contribution in [0.4, 0.5) is 0 Å². The molecule has 8 heteroatoms. The predicted molar refractivity (Wildman–Crippen MR) is 106 cm³/mol. The number of rotatable bonds is 6. The zero-order valence-corrected chi connectivity index (χ0v) is 17.7. The molecule has 1 aromatic rings. The van der Waals surface area contributed by atoms with E-state index in [2.05, 4.69) is 5.32 Å². The molecule has 0 aliphatic carbocycles. The van der Waals surface area contributed by atoms with E-state index in [1.54, 1.807) is 18.2 Å². The van der Waals surface area contributed by atoms with Crippen LogP contribution in [0.15, 0.2) is 18.2 Å². The SMILES string of the molecule is CC(C)[C@H](C)NC(=O)[C@@H]1CCCN(S(=O)(=O)Cc2ccc(Cl)c(Cl)c2)C1. The number of carbonyl (C=O) groups excluding carboxylic acids is 1. The Labute approximate surface area is 166 Å². The molecule has 0 aromatic heterocycles. The van der Waals surface area contributed by atoms with Crippen LogP contribution < -0.4 is 5.32 Å². The number of halogens is 2. The van der Waals surface area contributed by atoms with Gasteiger partial charge in [0.2, 0.25) is 15.9 Å². The quantitative estimate of drug-likeness (QED) is 0.762. The molecule has 0 bridgehead atoms. The standard InChI is InChI=1S/C18H26Cl2N2O3S/c1-12(2)13(3)21-18(23)15-5-4-8-22(10-15)26(24,25)11-14-6-7-16(19)17(20)9-14/h6-7,9,12-13,15H,4-5,8,10-11H2,1-3H3,(H,21,23)/t13-,15+/m0/s1. The van der Waals surface area contributed by atoms with E-state index in [4.69, 9.17) is 23.2 Å². The van der Waals surface area contributed by atoms with E-state index in [-0.39, 0.29) is 30.2 Å². The van der Waals surface area contributed by atoms with Crippen LogP contribution in [0, 0.1) is 11.8 Å². The third kappa shape index (κ3) is 5.59. The number of benzene rings is 1. The van der Waals surface area contributed by atoms with Gasteiger partial charge in [-0.05, 0) is 43.4 Å². The highest BCUT2D eigenvalue weighted by Crippen LogP contribution is 2.26. The fourth-order valence-electron chi connectivity index (χ4n) is 2.85. The summed E-state index contributed by atoms with van der Waals surface area (Å²) in [6, 6.07) is 4.88. The zero-order valence-electron chi connectivity index (χ0n) is 15.3. The van der Waals surface area contributed by atoms with Gasteiger partial charge in [-0.1, -0.05) is 43.1 Å². The number of carbonyl (C=O) groups is 1. The van der Waals surface area contributed by atoms with Gasteiger partial charge in [0, 0.05) is 19.1 Å². The number of hydrogen-bond acceptors (Lipinski definition) is 3. The zero-order chi connectivity index (χ0) is 19.5. The molecule has 0 spiro atoms. The van der Waals surface area contributed by atoms with Gasteiger partial charge in [0.1, 0.15) is 0 Å². The van der Waals surface area contributed by atoms with Gasteiger partial charge >= 0.3 is 0 Å². The molecule has 0 radical (unpaired) electrons. The van der Waals surface area contributed by atoms with Gasteiger partial charge in [-0.25, -0.2) is 12.7 Å². The summed E-state index contributed by atoms with van der Waals surface area (Å²) in [5.74, 6) is -0.202. The number of hydrogen-bond donors (Lipinski definition) is 1. The maximum atomic E-state index is 12.8. The lowest BCUT2D eigenvalue weighted by atomic mass is 9.97. The Hall–Kier alpha value is -0.820. The number of nitrogens with zero attached hydrogens (tertiary/aromatic N) is 1. The molecule has 1 aliphatic rings. The van der Waals surface area contributed by atoms with Gasteiger partial charge in [-0.3, -0.25) is 4.79 Å². The molecule has 1 heterocycles. The van der Waals surface area contributed by atoms with Crippen LogP contribution in [0.25, 0.3) is 0 Å². The van der Waals surface area contributed by atoms with Crippen LogP contribution in [0.1, 0.15) is 39.2 Å². The number of sulfonamides is 1. The Morgan fingerprint density at radius 3 is 2.58 bits per heavy atom. The van der Waals surface area contributed by atoms with Gasteiger partial charge in [0.25, 0.3) is 0 Å². The van der Waals surface area contributed by atoms with Crippen molar-refractivity contribution in [2.45, 2.75) is 45.4 Å². The van der Waals surface area contributed by atoms with Crippen LogP contribution in [-0.4, -0.2) is 37.8 Å². The fraction of sp³-hybridized carbons (Fsp3) is 0.611. The third-order valence-corrected chi connectivity index (χ3v) is 7.41. The third-order valence-electron chi connectivity index (χ3n) is 4.85. The Balaban J connectivity index is 2.04. The molecule has 1 saturated heterocycles. The van der Waals surface area contributed by atoms with E-state index >= 15 is 0 Å². The molecule has 26 heavy (non-hydrogen) atoms. The van der Waals surface area contributed by atoms with Crippen molar-refractivity contribution >= 4 is 39.1 Å². The molecule has 0 saturated carbocycles. The second-order valence-electron chi connectivity index (χ2n) is 7.24. The van der Waals surface area contributed by atoms with Crippen molar-refractivity contribution in [2.24, 2.45) is 11.8 Å². The molecule has 146 valence electrons. The highest BCUT2D eigenvalue weighted by atomic mass is 35.5. The summed E-state index contributed by atoms with van der Waals surface area (Å²) in [4.78, 5) is 12.5. The number of amides is 1. The molecule has 1 amide bonds. The van der Waals surface area contributed by atoms with Crippen LogP contribution >= 0.6 is 23.2 Å². The summed E-state index contributed by atoms with van der Waals surface area (Å²) in [6.45, 7) is 6.71. The Morgan fingerprint density at radius 1 is 1.27 bits per heavy atom. The molecule has 1 aromatic carbocycles. The van der Waals surface area contributed by atoms with Crippen molar-refractivity contribution in [2.75, 3.05) is 13.1 Å². The molecule has 1 N–H and O–H groups in total. The molecule has 2 rings (SSSR count). The highest BCUT2D eigenvalue weighted by molar-refractivity contribution is 7.88. The fourth-order valence-corrected chi connectivity index (χ4v) is 4.77. The molecule has 1 fully saturated rings. The normalized spacial score (nSPS) is 20.2. The first-order valence-electron chi connectivity index (χ1n) is 8.82. The van der Waals surface area contributed by atoms with Crippen molar-refractivity contribution in [3.05, 3.63) is 33.8 Å². The Morgan fingerprint density at radius 2 is 1.96 bits per heavy atom. The van der Waals surface area contributed by atoms with Crippen molar-refractivity contribution in [1.29, 1.82) is 0 Å². The molecule has 5 nitrogen and oxygen atoms in total. The van der Waals surface area contributed by atoms with E-state index in [1.807, 2.05) is 20.8 Å². The molecule has 0 unspecified atom stereocenters. The smallest absolute Gasteiger partial charge is 0.224 e. The van der Waals surface area contributed by atoms with Gasteiger partial charge in [0.15, 0.2) is 0 Å². The average molecular weight is 421 g/mol. The topological polar surface area (TPSA) is 66.5 Å². The molecular weight excluding hydrogens is 395 g/mol.